The van der Waals surface area contributed by atoms with Crippen molar-refractivity contribution < 1.29 is 50.2 Å². The van der Waals surface area contributed by atoms with Gasteiger partial charge >= 0.3 is 12.4 Å². The Balaban J connectivity index is 1.74. The molecule has 13 heteroatoms. The first kappa shape index (κ1) is 34.2. The van der Waals surface area contributed by atoms with Crippen LogP contribution in [0.2, 0.25) is 0 Å². The molecule has 3 amide bonds. The maximum absolute atomic E-state index is 14.9. The molecule has 0 fully saturated rings. The van der Waals surface area contributed by atoms with Gasteiger partial charge in [-0.05, 0) is 40.8 Å². The Bertz CT molecular complexity index is 1550. The van der Waals surface area contributed by atoms with Crippen LogP contribution >= 0.6 is 0 Å². The van der Waals surface area contributed by atoms with Gasteiger partial charge in [0.1, 0.15) is 5.75 Å². The molecule has 46 heavy (non-hydrogen) atoms. The van der Waals surface area contributed by atoms with Gasteiger partial charge in [0.15, 0.2) is 0 Å². The van der Waals surface area contributed by atoms with Crippen molar-refractivity contribution in [2.24, 2.45) is 0 Å². The third-order valence-electron chi connectivity index (χ3n) is 7.50. The number of hydrogen-bond donors (Lipinski definition) is 0. The summed E-state index contributed by atoms with van der Waals surface area (Å²) in [5.74, 6) is -1.32. The van der Waals surface area contributed by atoms with Gasteiger partial charge in [-0.3, -0.25) is 19.3 Å². The highest BCUT2D eigenvalue weighted by molar-refractivity contribution is 6.13. The van der Waals surface area contributed by atoms with Crippen molar-refractivity contribution in [3.63, 3.8) is 0 Å². The Morgan fingerprint density at radius 1 is 0.804 bits per heavy atom. The van der Waals surface area contributed by atoms with Crippen LogP contribution in [0.15, 0.2) is 84.9 Å². The van der Waals surface area contributed by atoms with Gasteiger partial charge in [-0.25, -0.2) is 0 Å². The minimum atomic E-state index is -5.95. The van der Waals surface area contributed by atoms with Crippen LogP contribution in [0.4, 0.5) is 26.3 Å². The molecule has 0 aliphatic carbocycles. The van der Waals surface area contributed by atoms with Gasteiger partial charge in [0.05, 0.1) is 13.7 Å². The molecule has 0 saturated heterocycles. The van der Waals surface area contributed by atoms with E-state index >= 15 is 0 Å². The summed E-state index contributed by atoms with van der Waals surface area (Å²) < 4.78 is 99.6. The first-order chi connectivity index (χ1) is 21.7. The van der Waals surface area contributed by atoms with E-state index in [4.69, 9.17) is 9.47 Å². The summed E-state index contributed by atoms with van der Waals surface area (Å²) in [5.41, 5.74) is -5.67. The second-order valence-corrected chi connectivity index (χ2v) is 10.6. The molecule has 4 rings (SSSR count). The predicted octanol–water partition coefficient (Wildman–Crippen LogP) is 6.10. The van der Waals surface area contributed by atoms with E-state index in [9.17, 15) is 40.7 Å². The lowest BCUT2D eigenvalue weighted by Crippen LogP contribution is -2.56. The molecule has 244 valence electrons. The van der Waals surface area contributed by atoms with Crippen LogP contribution in [0.3, 0.4) is 0 Å². The topological polar surface area (TPSA) is 76.2 Å². The molecular formula is C33H30F6N2O5. The van der Waals surface area contributed by atoms with Crippen molar-refractivity contribution in [3.8, 4) is 5.75 Å². The minimum Gasteiger partial charge on any atom is -0.497 e. The van der Waals surface area contributed by atoms with Gasteiger partial charge in [-0.2, -0.15) is 26.3 Å². The van der Waals surface area contributed by atoms with E-state index in [1.54, 1.807) is 6.07 Å². The molecule has 0 bridgehead atoms. The van der Waals surface area contributed by atoms with Crippen LogP contribution < -0.4 is 4.74 Å². The molecule has 1 heterocycles. The van der Waals surface area contributed by atoms with E-state index in [-0.39, 0.29) is 42.6 Å². The number of benzene rings is 3. The summed E-state index contributed by atoms with van der Waals surface area (Å²) in [6, 6.07) is 16.6. The number of halogens is 6. The maximum Gasteiger partial charge on any atom is 0.430 e. The molecule has 0 saturated carbocycles. The van der Waals surface area contributed by atoms with Gasteiger partial charge < -0.3 is 14.4 Å². The van der Waals surface area contributed by atoms with Gasteiger partial charge in [-0.15, -0.1) is 0 Å². The second-order valence-electron chi connectivity index (χ2n) is 10.6. The number of nitrogens with zero attached hydrogens (tertiary/aromatic N) is 2. The Morgan fingerprint density at radius 3 is 1.96 bits per heavy atom. The third-order valence-corrected chi connectivity index (χ3v) is 7.50. The summed E-state index contributed by atoms with van der Waals surface area (Å²) in [5, 5.41) is 0. The van der Waals surface area contributed by atoms with E-state index in [1.807, 2.05) is 0 Å². The summed E-state index contributed by atoms with van der Waals surface area (Å²) in [4.78, 5) is 38.3. The van der Waals surface area contributed by atoms with E-state index in [0.29, 0.717) is 11.3 Å². The third kappa shape index (κ3) is 7.41. The smallest absolute Gasteiger partial charge is 0.430 e. The fourth-order valence-corrected chi connectivity index (χ4v) is 5.05. The fourth-order valence-electron chi connectivity index (χ4n) is 5.05. The van der Waals surface area contributed by atoms with Crippen molar-refractivity contribution in [1.82, 2.24) is 9.80 Å². The molecule has 0 unspecified atom stereocenters. The highest BCUT2D eigenvalue weighted by atomic mass is 19.4. The fraction of sp³-hybridized carbons (Fsp3) is 0.303. The zero-order valence-corrected chi connectivity index (χ0v) is 24.8. The van der Waals surface area contributed by atoms with Crippen molar-refractivity contribution in [1.29, 1.82) is 0 Å². The number of ether oxygens (including phenoxy) is 2. The lowest BCUT2D eigenvalue weighted by atomic mass is 9.84. The van der Waals surface area contributed by atoms with E-state index < -0.39 is 47.8 Å². The Hall–Kier alpha value is -4.65. The van der Waals surface area contributed by atoms with E-state index in [1.165, 1.54) is 74.8 Å². The van der Waals surface area contributed by atoms with Crippen LogP contribution in [0.25, 0.3) is 0 Å². The quantitative estimate of drug-likeness (QED) is 0.176. The van der Waals surface area contributed by atoms with Crippen LogP contribution in [-0.4, -0.2) is 60.6 Å². The number of hydrogen-bond acceptors (Lipinski definition) is 5. The van der Waals surface area contributed by atoms with Crippen LogP contribution in [-0.2, 0) is 44.3 Å². The minimum absolute atomic E-state index is 0.0273. The van der Waals surface area contributed by atoms with Crippen molar-refractivity contribution in [2.75, 3.05) is 20.7 Å². The lowest BCUT2D eigenvalue weighted by molar-refractivity contribution is -0.392. The Labute approximate surface area is 261 Å². The second kappa shape index (κ2) is 13.8. The molecule has 7 nitrogen and oxygen atoms in total. The van der Waals surface area contributed by atoms with E-state index in [2.05, 4.69) is 0 Å². The van der Waals surface area contributed by atoms with Crippen LogP contribution in [0.5, 0.6) is 5.75 Å². The number of amides is 3. The molecule has 3 aromatic rings. The normalized spacial score (nSPS) is 13.8. The van der Waals surface area contributed by atoms with Crippen molar-refractivity contribution in [2.45, 2.75) is 43.9 Å². The van der Waals surface area contributed by atoms with Crippen molar-refractivity contribution in [3.05, 3.63) is 113 Å². The average molecular weight is 649 g/mol. The molecule has 0 aromatic heterocycles. The first-order valence-electron chi connectivity index (χ1n) is 14.0. The number of rotatable bonds is 12. The van der Waals surface area contributed by atoms with Gasteiger partial charge in [-0.1, -0.05) is 60.7 Å². The molecular weight excluding hydrogens is 618 g/mol. The Morgan fingerprint density at radius 2 is 1.39 bits per heavy atom. The average Bonchev–Trinajstić information content (AvgIpc) is 3.33. The maximum atomic E-state index is 14.9. The molecule has 0 atom stereocenters. The Kier molecular flexibility index (Phi) is 10.2. The zero-order chi connectivity index (χ0) is 33.7. The summed E-state index contributed by atoms with van der Waals surface area (Å²) in [6.07, 6.45) is -10.4. The van der Waals surface area contributed by atoms with E-state index in [0.717, 1.165) is 28.0 Å². The van der Waals surface area contributed by atoms with Crippen LogP contribution in [0.1, 0.15) is 34.2 Å². The van der Waals surface area contributed by atoms with Gasteiger partial charge in [0.2, 0.25) is 5.91 Å². The zero-order valence-electron chi connectivity index (χ0n) is 24.8. The number of methoxy groups -OCH3 is 1. The standard InChI is InChI=1S/C33H30F6N2O5/c1-40(28(42)16-17-41-29(43)14-15-30(41)44)20-24-8-11-25(18-22-9-12-26(45-2)13-10-22)27(19-24)31(32(34,35)36,33(37,38)39)46-21-23-6-4-3-5-7-23/h3-15,19H,16-18,20-21H2,1-2H3. The lowest BCUT2D eigenvalue weighted by Gasteiger charge is -2.39. The summed E-state index contributed by atoms with van der Waals surface area (Å²) >= 11 is 0. The first-order valence-corrected chi connectivity index (χ1v) is 14.0. The molecule has 1 aliphatic rings. The van der Waals surface area contributed by atoms with Crippen molar-refractivity contribution >= 4 is 17.7 Å². The van der Waals surface area contributed by atoms with Gasteiger partial charge in [0.25, 0.3) is 17.4 Å². The molecule has 0 radical (unpaired) electrons. The summed E-state index contributed by atoms with van der Waals surface area (Å²) in [6.45, 7) is -1.59. The number of alkyl halides is 6. The highest BCUT2D eigenvalue weighted by Crippen LogP contribution is 2.54. The van der Waals surface area contributed by atoms with Crippen LogP contribution in [0, 0.1) is 0 Å². The molecule has 0 N–H and O–H groups in total. The summed E-state index contributed by atoms with van der Waals surface area (Å²) in [7, 11) is 2.73. The van der Waals surface area contributed by atoms with Gasteiger partial charge in [0, 0.05) is 44.3 Å². The molecule has 1 aliphatic heterocycles. The number of imide groups is 1. The highest BCUT2D eigenvalue weighted by Gasteiger charge is 2.74. The molecule has 0 spiro atoms. The molecule has 3 aromatic carbocycles. The number of carbonyl (C=O) groups is 3. The largest absolute Gasteiger partial charge is 0.497 e. The monoisotopic (exact) mass is 648 g/mol. The predicted molar refractivity (Wildman–Crippen MR) is 154 cm³/mol. The SMILES string of the molecule is COc1ccc(Cc2ccc(CN(C)C(=O)CCN3C(=O)C=CC3=O)cc2C(OCc2ccccc2)(C(F)(F)F)C(F)(F)F)cc1. The number of carbonyl (C=O) groups excluding carboxylic acids is 3.